The Balaban J connectivity index is 1.32. The van der Waals surface area contributed by atoms with Crippen LogP contribution in [0, 0.1) is 5.92 Å². The molecule has 5 rings (SSSR count). The van der Waals surface area contributed by atoms with Crippen molar-refractivity contribution in [2.45, 2.75) is 51.0 Å². The second kappa shape index (κ2) is 9.48. The lowest BCUT2D eigenvalue weighted by Crippen LogP contribution is -2.44. The molecule has 4 heterocycles. The fourth-order valence-corrected chi connectivity index (χ4v) is 4.89. The van der Waals surface area contributed by atoms with Crippen LogP contribution in [0.1, 0.15) is 71.5 Å². The minimum absolute atomic E-state index is 0.0765. The first kappa shape index (κ1) is 23.0. The standard InChI is InChI=1S/C26H31N7O2/c1-16-18(12-22(34)21-8-7-19(13-28-21)17-5-6-17)4-3-10-33(16)23-14-29-24(25(27)35)26(31-23)30-20-9-11-32(2)15-20/h7-9,11,13-18H,3-6,10,12H2,1-2H3,(H2,27,35)(H,30,31)/t16-,18+/m1/s1. The summed E-state index contributed by atoms with van der Waals surface area (Å²) in [6.07, 6.45) is 12.0. The van der Waals surface area contributed by atoms with Gasteiger partial charge in [-0.3, -0.25) is 14.6 Å². The Morgan fingerprint density at radius 1 is 1.14 bits per heavy atom. The first-order chi connectivity index (χ1) is 16.9. The van der Waals surface area contributed by atoms with Crippen LogP contribution < -0.4 is 16.0 Å². The number of ketones is 1. The number of anilines is 3. The first-order valence-corrected chi connectivity index (χ1v) is 12.2. The number of aromatic nitrogens is 4. The summed E-state index contributed by atoms with van der Waals surface area (Å²) in [6, 6.07) is 5.88. The van der Waals surface area contributed by atoms with Gasteiger partial charge in [0.25, 0.3) is 5.91 Å². The average Bonchev–Trinajstić information content (AvgIpc) is 3.62. The van der Waals surface area contributed by atoms with E-state index in [1.807, 2.05) is 48.4 Å². The largest absolute Gasteiger partial charge is 0.364 e. The number of Topliss-reactive ketones (excluding diaryl/α,β-unsaturated/α-hetero) is 1. The van der Waals surface area contributed by atoms with Crippen LogP contribution in [0.25, 0.3) is 0 Å². The summed E-state index contributed by atoms with van der Waals surface area (Å²) in [6.45, 7) is 2.92. The summed E-state index contributed by atoms with van der Waals surface area (Å²) in [7, 11) is 1.91. The SMILES string of the molecule is C[C@@H]1[C@H](CC(=O)c2ccc(C3CC3)cn2)CCCN1c1cnc(C(N)=O)c(Nc2ccn(C)c2)n1. The quantitative estimate of drug-likeness (QED) is 0.478. The van der Waals surface area contributed by atoms with Gasteiger partial charge in [-0.2, -0.15) is 0 Å². The van der Waals surface area contributed by atoms with Crippen molar-refractivity contribution in [2.24, 2.45) is 18.7 Å². The van der Waals surface area contributed by atoms with Crippen LogP contribution in [0.15, 0.2) is 43.0 Å². The Hall–Kier alpha value is -3.75. The van der Waals surface area contributed by atoms with Gasteiger partial charge in [-0.1, -0.05) is 6.07 Å². The van der Waals surface area contributed by atoms with Crippen LogP contribution in [-0.4, -0.2) is 43.8 Å². The van der Waals surface area contributed by atoms with E-state index >= 15 is 0 Å². The number of primary amides is 1. The van der Waals surface area contributed by atoms with E-state index in [-0.39, 0.29) is 23.4 Å². The zero-order valence-electron chi connectivity index (χ0n) is 20.1. The molecule has 1 aliphatic carbocycles. The van der Waals surface area contributed by atoms with Crippen LogP contribution in [0.2, 0.25) is 0 Å². The second-order valence-electron chi connectivity index (χ2n) is 9.69. The molecule has 9 heteroatoms. The monoisotopic (exact) mass is 473 g/mol. The fourth-order valence-electron chi connectivity index (χ4n) is 4.89. The highest BCUT2D eigenvalue weighted by Gasteiger charge is 2.32. The van der Waals surface area contributed by atoms with Gasteiger partial charge in [-0.15, -0.1) is 0 Å². The van der Waals surface area contributed by atoms with Gasteiger partial charge in [0.2, 0.25) is 0 Å². The molecular weight excluding hydrogens is 442 g/mol. The van der Waals surface area contributed by atoms with Crippen LogP contribution in [0.5, 0.6) is 0 Å². The molecule has 2 aliphatic rings. The van der Waals surface area contributed by atoms with Crippen molar-refractivity contribution in [3.63, 3.8) is 0 Å². The van der Waals surface area contributed by atoms with Crippen LogP contribution >= 0.6 is 0 Å². The number of hydrogen-bond acceptors (Lipinski definition) is 7. The number of amides is 1. The Morgan fingerprint density at radius 3 is 2.63 bits per heavy atom. The van der Waals surface area contributed by atoms with E-state index < -0.39 is 5.91 Å². The lowest BCUT2D eigenvalue weighted by Gasteiger charge is -2.40. The van der Waals surface area contributed by atoms with Crippen molar-refractivity contribution >= 4 is 29.0 Å². The van der Waals surface area contributed by atoms with Crippen molar-refractivity contribution < 1.29 is 9.59 Å². The molecule has 9 nitrogen and oxygen atoms in total. The molecule has 1 saturated heterocycles. The Kier molecular flexibility index (Phi) is 6.23. The number of nitrogens with two attached hydrogens (primary N) is 1. The van der Waals surface area contributed by atoms with Gasteiger partial charge in [-0.25, -0.2) is 9.97 Å². The third-order valence-corrected chi connectivity index (χ3v) is 7.10. The molecule has 1 aliphatic heterocycles. The number of aryl methyl sites for hydroxylation is 1. The van der Waals surface area contributed by atoms with E-state index in [9.17, 15) is 9.59 Å². The highest BCUT2D eigenvalue weighted by Crippen LogP contribution is 2.39. The molecule has 2 atom stereocenters. The van der Waals surface area contributed by atoms with Crippen molar-refractivity contribution in [3.8, 4) is 0 Å². The van der Waals surface area contributed by atoms with E-state index in [1.54, 1.807) is 6.20 Å². The summed E-state index contributed by atoms with van der Waals surface area (Å²) < 4.78 is 1.90. The summed E-state index contributed by atoms with van der Waals surface area (Å²) in [5.41, 5.74) is 8.20. The second-order valence-corrected chi connectivity index (χ2v) is 9.69. The van der Waals surface area contributed by atoms with Gasteiger partial charge >= 0.3 is 0 Å². The van der Waals surface area contributed by atoms with Gasteiger partial charge in [0.1, 0.15) is 11.5 Å². The predicted molar refractivity (Wildman–Crippen MR) is 134 cm³/mol. The lowest BCUT2D eigenvalue weighted by atomic mass is 9.85. The Labute approximate surface area is 204 Å². The molecule has 3 aromatic rings. The smallest absolute Gasteiger partial charge is 0.271 e. The number of rotatable bonds is 8. The molecule has 35 heavy (non-hydrogen) atoms. The summed E-state index contributed by atoms with van der Waals surface area (Å²) >= 11 is 0. The minimum Gasteiger partial charge on any atom is -0.364 e. The van der Waals surface area contributed by atoms with E-state index in [0.29, 0.717) is 29.7 Å². The number of nitrogens with zero attached hydrogens (tertiary/aromatic N) is 5. The zero-order chi connectivity index (χ0) is 24.5. The molecule has 3 aromatic heterocycles. The molecule has 1 saturated carbocycles. The highest BCUT2D eigenvalue weighted by atomic mass is 16.1. The van der Waals surface area contributed by atoms with Gasteiger partial charge in [0, 0.05) is 44.6 Å². The zero-order valence-corrected chi connectivity index (χ0v) is 20.1. The van der Waals surface area contributed by atoms with Crippen molar-refractivity contribution in [1.29, 1.82) is 0 Å². The minimum atomic E-state index is -0.641. The molecular formula is C26H31N7O2. The molecule has 0 bridgehead atoms. The molecule has 182 valence electrons. The Bertz CT molecular complexity index is 1230. The molecule has 3 N–H and O–H groups in total. The van der Waals surface area contributed by atoms with Crippen LogP contribution in [0.3, 0.4) is 0 Å². The predicted octanol–water partition coefficient (Wildman–Crippen LogP) is 3.81. The van der Waals surface area contributed by atoms with E-state index in [2.05, 4.69) is 27.1 Å². The van der Waals surface area contributed by atoms with E-state index in [4.69, 9.17) is 10.7 Å². The van der Waals surface area contributed by atoms with E-state index in [1.165, 1.54) is 18.4 Å². The summed E-state index contributed by atoms with van der Waals surface area (Å²) in [4.78, 5) is 40.6. The third kappa shape index (κ3) is 5.03. The molecule has 2 fully saturated rings. The maximum Gasteiger partial charge on any atom is 0.271 e. The van der Waals surface area contributed by atoms with Crippen LogP contribution in [-0.2, 0) is 7.05 Å². The highest BCUT2D eigenvalue weighted by molar-refractivity contribution is 5.96. The molecule has 1 amide bonds. The third-order valence-electron chi connectivity index (χ3n) is 7.10. The van der Waals surface area contributed by atoms with Gasteiger partial charge in [0.05, 0.1) is 11.9 Å². The normalized spacial score (nSPS) is 20.0. The maximum absolute atomic E-state index is 13.0. The van der Waals surface area contributed by atoms with Crippen molar-refractivity contribution in [2.75, 3.05) is 16.8 Å². The summed E-state index contributed by atoms with van der Waals surface area (Å²) in [5, 5.41) is 3.17. The van der Waals surface area contributed by atoms with E-state index in [0.717, 1.165) is 25.1 Å². The van der Waals surface area contributed by atoms with Gasteiger partial charge in [0.15, 0.2) is 17.3 Å². The molecule has 0 radical (unpaired) electrons. The topological polar surface area (TPSA) is 119 Å². The molecule has 0 unspecified atom stereocenters. The van der Waals surface area contributed by atoms with Crippen molar-refractivity contribution in [1.82, 2.24) is 19.5 Å². The maximum atomic E-state index is 13.0. The summed E-state index contributed by atoms with van der Waals surface area (Å²) in [5.74, 6) is 1.22. The number of piperidine rings is 1. The Morgan fingerprint density at radius 2 is 1.97 bits per heavy atom. The molecule has 0 spiro atoms. The fraction of sp³-hybridized carbons (Fsp3) is 0.423. The molecule has 0 aromatic carbocycles. The van der Waals surface area contributed by atoms with Crippen molar-refractivity contribution in [3.05, 3.63) is 59.9 Å². The van der Waals surface area contributed by atoms with Crippen LogP contribution in [0.4, 0.5) is 17.3 Å². The number of nitrogens with one attached hydrogen (secondary N) is 1. The van der Waals surface area contributed by atoms with Gasteiger partial charge in [-0.05, 0) is 62.1 Å². The lowest BCUT2D eigenvalue weighted by molar-refractivity contribution is 0.0940. The number of hydrogen-bond donors (Lipinski definition) is 2. The number of carbonyl (C=O) groups is 2. The van der Waals surface area contributed by atoms with Gasteiger partial charge < -0.3 is 20.5 Å². The average molecular weight is 474 g/mol. The first-order valence-electron chi connectivity index (χ1n) is 12.2. The number of pyridine rings is 1. The number of carbonyl (C=O) groups excluding carboxylic acids is 2.